The summed E-state index contributed by atoms with van der Waals surface area (Å²) in [6.45, 7) is 2.56. The van der Waals surface area contributed by atoms with Crippen LogP contribution < -0.4 is 9.64 Å². The zero-order valence-electron chi connectivity index (χ0n) is 15.0. The summed E-state index contributed by atoms with van der Waals surface area (Å²) in [6, 6.07) is 15.8. The van der Waals surface area contributed by atoms with E-state index in [2.05, 4.69) is 20.2 Å². The van der Waals surface area contributed by atoms with Crippen LogP contribution in [-0.4, -0.2) is 41.8 Å². The number of H-pyrrole nitrogens is 1. The number of benzene rings is 2. The summed E-state index contributed by atoms with van der Waals surface area (Å²) in [5.41, 5.74) is 2.99. The van der Waals surface area contributed by atoms with Crippen LogP contribution in [0.1, 0.15) is 12.5 Å². The molecule has 0 saturated carbocycles. The molecule has 2 aromatic carbocycles. The maximum atomic E-state index is 5.56. The van der Waals surface area contributed by atoms with Gasteiger partial charge in [-0.2, -0.15) is 14.9 Å². The Morgan fingerprint density at radius 2 is 2.00 bits per heavy atom. The number of aromatic nitrogens is 3. The number of anilines is 1. The zero-order valence-corrected chi connectivity index (χ0v) is 15.8. The molecule has 134 valence electrons. The average molecular weight is 367 g/mol. The molecule has 1 aromatic heterocycles. The van der Waals surface area contributed by atoms with Gasteiger partial charge in [0.1, 0.15) is 5.75 Å². The molecule has 7 heteroatoms. The molecule has 0 amide bonds. The van der Waals surface area contributed by atoms with E-state index in [1.165, 1.54) is 0 Å². The van der Waals surface area contributed by atoms with E-state index in [1.54, 1.807) is 10.9 Å². The smallest absolute Gasteiger partial charge is 0.216 e. The molecule has 0 fully saturated rings. The monoisotopic (exact) mass is 367 g/mol. The molecule has 0 unspecified atom stereocenters. The highest BCUT2D eigenvalue weighted by Crippen LogP contribution is 2.22. The van der Waals surface area contributed by atoms with E-state index in [9.17, 15) is 0 Å². The van der Waals surface area contributed by atoms with Gasteiger partial charge in [0.25, 0.3) is 0 Å². The van der Waals surface area contributed by atoms with Gasteiger partial charge in [0, 0.05) is 25.3 Å². The lowest BCUT2D eigenvalue weighted by atomic mass is 10.2. The number of nitrogens with one attached hydrogen (secondary N) is 1. The van der Waals surface area contributed by atoms with Crippen molar-refractivity contribution in [1.82, 2.24) is 14.9 Å². The predicted molar refractivity (Wildman–Crippen MR) is 108 cm³/mol. The highest BCUT2D eigenvalue weighted by atomic mass is 32.1. The van der Waals surface area contributed by atoms with Crippen LogP contribution in [0.3, 0.4) is 0 Å². The lowest BCUT2D eigenvalue weighted by Crippen LogP contribution is -2.08. The Morgan fingerprint density at radius 3 is 2.69 bits per heavy atom. The van der Waals surface area contributed by atoms with Crippen LogP contribution in [-0.2, 0) is 0 Å². The molecule has 6 nitrogen and oxygen atoms in total. The van der Waals surface area contributed by atoms with Gasteiger partial charge in [0.05, 0.1) is 12.8 Å². The third kappa shape index (κ3) is 4.00. The number of rotatable bonds is 6. The first-order valence-electron chi connectivity index (χ1n) is 8.31. The normalized spacial score (nSPS) is 11.0. The molecule has 0 aliphatic rings. The Morgan fingerprint density at radius 1 is 1.23 bits per heavy atom. The molecule has 1 N–H and O–H groups in total. The molecule has 0 spiro atoms. The van der Waals surface area contributed by atoms with Crippen LogP contribution in [0.2, 0.25) is 0 Å². The van der Waals surface area contributed by atoms with Crippen LogP contribution in [0.25, 0.3) is 11.4 Å². The van der Waals surface area contributed by atoms with Crippen LogP contribution in [0.4, 0.5) is 5.69 Å². The quantitative estimate of drug-likeness (QED) is 0.529. The summed E-state index contributed by atoms with van der Waals surface area (Å²) in [4.78, 5) is 2.05. The second-order valence-electron chi connectivity index (χ2n) is 5.86. The van der Waals surface area contributed by atoms with Crippen molar-refractivity contribution in [3.63, 3.8) is 0 Å². The standard InChI is InChI=1S/C19H21N5OS/c1-4-25-17-7-5-6-15(12-17)18-21-22-19(26)24(18)20-13-14-8-10-16(11-9-14)23(2)3/h5-13H,4H2,1-3H3,(H,22,26)/b20-13-. The number of hydrogen-bond acceptors (Lipinski definition) is 5. The van der Waals surface area contributed by atoms with Gasteiger partial charge in [-0.15, -0.1) is 0 Å². The van der Waals surface area contributed by atoms with E-state index in [-0.39, 0.29) is 0 Å². The molecular weight excluding hydrogens is 346 g/mol. The van der Waals surface area contributed by atoms with Crippen molar-refractivity contribution >= 4 is 24.1 Å². The van der Waals surface area contributed by atoms with Crippen molar-refractivity contribution in [2.45, 2.75) is 6.92 Å². The number of hydrogen-bond donors (Lipinski definition) is 1. The fourth-order valence-corrected chi connectivity index (χ4v) is 2.64. The van der Waals surface area contributed by atoms with E-state index in [4.69, 9.17) is 17.0 Å². The van der Waals surface area contributed by atoms with Gasteiger partial charge >= 0.3 is 0 Å². The molecule has 1 heterocycles. The molecule has 26 heavy (non-hydrogen) atoms. The van der Waals surface area contributed by atoms with E-state index < -0.39 is 0 Å². The molecule has 0 aliphatic carbocycles. The minimum absolute atomic E-state index is 0.433. The van der Waals surface area contributed by atoms with E-state index in [1.807, 2.05) is 69.6 Å². The van der Waals surface area contributed by atoms with Crippen LogP contribution in [0, 0.1) is 4.77 Å². The summed E-state index contributed by atoms with van der Waals surface area (Å²) < 4.78 is 7.60. The summed E-state index contributed by atoms with van der Waals surface area (Å²) in [6.07, 6.45) is 1.76. The topological polar surface area (TPSA) is 58.4 Å². The minimum Gasteiger partial charge on any atom is -0.494 e. The van der Waals surface area contributed by atoms with Crippen molar-refractivity contribution < 1.29 is 4.74 Å². The first-order chi connectivity index (χ1) is 12.6. The Bertz CT molecular complexity index is 957. The third-order valence-electron chi connectivity index (χ3n) is 3.79. The summed E-state index contributed by atoms with van der Waals surface area (Å²) in [5, 5.41) is 11.6. The van der Waals surface area contributed by atoms with Crippen molar-refractivity contribution in [3.8, 4) is 17.1 Å². The average Bonchev–Trinajstić information content (AvgIpc) is 3.01. The first-order valence-corrected chi connectivity index (χ1v) is 8.71. The summed E-state index contributed by atoms with van der Waals surface area (Å²) >= 11 is 5.32. The second-order valence-corrected chi connectivity index (χ2v) is 6.24. The lowest BCUT2D eigenvalue weighted by molar-refractivity contribution is 0.340. The van der Waals surface area contributed by atoms with Gasteiger partial charge < -0.3 is 9.64 Å². The van der Waals surface area contributed by atoms with Gasteiger partial charge in [0.15, 0.2) is 5.82 Å². The Hall–Kier alpha value is -2.93. The first kappa shape index (κ1) is 17.9. The van der Waals surface area contributed by atoms with Gasteiger partial charge in [-0.3, -0.25) is 0 Å². The largest absolute Gasteiger partial charge is 0.494 e. The van der Waals surface area contributed by atoms with Crippen LogP contribution in [0.5, 0.6) is 5.75 Å². The zero-order chi connectivity index (χ0) is 18.5. The van der Waals surface area contributed by atoms with Gasteiger partial charge in [0.2, 0.25) is 4.77 Å². The highest BCUT2D eigenvalue weighted by Gasteiger charge is 2.09. The maximum Gasteiger partial charge on any atom is 0.216 e. The molecular formula is C19H21N5OS. The lowest BCUT2D eigenvalue weighted by Gasteiger charge is -2.11. The van der Waals surface area contributed by atoms with E-state index in [0.29, 0.717) is 17.2 Å². The Kier molecular flexibility index (Phi) is 5.48. The summed E-state index contributed by atoms with van der Waals surface area (Å²) in [7, 11) is 4.02. The molecule has 3 aromatic rings. The van der Waals surface area contributed by atoms with Gasteiger partial charge in [-0.1, -0.05) is 24.3 Å². The van der Waals surface area contributed by atoms with Crippen molar-refractivity contribution in [2.24, 2.45) is 5.10 Å². The van der Waals surface area contributed by atoms with Crippen molar-refractivity contribution in [1.29, 1.82) is 0 Å². The minimum atomic E-state index is 0.433. The second kappa shape index (κ2) is 7.97. The highest BCUT2D eigenvalue weighted by molar-refractivity contribution is 7.71. The van der Waals surface area contributed by atoms with Crippen molar-refractivity contribution in [3.05, 3.63) is 58.9 Å². The van der Waals surface area contributed by atoms with Crippen LogP contribution in [0.15, 0.2) is 53.6 Å². The molecule has 3 rings (SSSR count). The molecule has 0 atom stereocenters. The fourth-order valence-electron chi connectivity index (χ4n) is 2.46. The maximum absolute atomic E-state index is 5.56. The van der Waals surface area contributed by atoms with E-state index in [0.717, 1.165) is 22.6 Å². The predicted octanol–water partition coefficient (Wildman–Crippen LogP) is 3.95. The third-order valence-corrected chi connectivity index (χ3v) is 4.05. The fraction of sp³-hybridized carbons (Fsp3) is 0.211. The number of aromatic amines is 1. The molecule has 0 saturated heterocycles. The van der Waals surface area contributed by atoms with Gasteiger partial charge in [-0.05, 0) is 49.0 Å². The molecule has 0 aliphatic heterocycles. The Labute approximate surface area is 157 Å². The van der Waals surface area contributed by atoms with Gasteiger partial charge in [-0.25, -0.2) is 5.10 Å². The van der Waals surface area contributed by atoms with E-state index >= 15 is 0 Å². The Balaban J connectivity index is 1.91. The van der Waals surface area contributed by atoms with Crippen molar-refractivity contribution in [2.75, 3.05) is 25.6 Å². The van der Waals surface area contributed by atoms with Crippen LogP contribution >= 0.6 is 12.2 Å². The molecule has 0 radical (unpaired) electrons. The summed E-state index contributed by atoms with van der Waals surface area (Å²) in [5.74, 6) is 1.42. The SMILES string of the molecule is CCOc1cccc(-c2n[nH]c(=S)n2/N=C\c2ccc(N(C)C)cc2)c1. The number of ether oxygens (including phenoxy) is 1. The number of nitrogens with zero attached hydrogens (tertiary/aromatic N) is 4. The molecule has 0 bridgehead atoms.